The molecule has 3 nitrogen and oxygen atoms in total. The third-order valence-electron chi connectivity index (χ3n) is 7.95. The molecule has 0 amide bonds. The van der Waals surface area contributed by atoms with Gasteiger partial charge in [0, 0.05) is 17.4 Å². The normalized spacial score (nSPS) is 26.5. The molecule has 0 N–H and O–H groups in total. The molecule has 0 aromatic heterocycles. The van der Waals surface area contributed by atoms with Gasteiger partial charge in [-0.05, 0) is 60.1 Å². The maximum atomic E-state index is 13.7. The molecule has 2 aromatic carbocycles. The summed E-state index contributed by atoms with van der Waals surface area (Å²) in [6.07, 6.45) is -2.54. The third-order valence-corrected chi connectivity index (χ3v) is 8.26. The summed E-state index contributed by atoms with van der Waals surface area (Å²) in [5.41, 5.74) is -0.420. The fourth-order valence-corrected chi connectivity index (χ4v) is 5.81. The minimum atomic E-state index is -4.56. The van der Waals surface area contributed by atoms with E-state index in [2.05, 4.69) is 0 Å². The van der Waals surface area contributed by atoms with Crippen LogP contribution in [0.4, 0.5) is 13.2 Å². The second-order valence-corrected chi connectivity index (χ2v) is 10.2. The minimum Gasteiger partial charge on any atom is -0.457 e. The van der Waals surface area contributed by atoms with Crippen LogP contribution in [0.15, 0.2) is 36.4 Å². The Morgan fingerprint density at radius 1 is 1.06 bits per heavy atom. The van der Waals surface area contributed by atoms with Gasteiger partial charge in [-0.25, -0.2) is 0 Å². The van der Waals surface area contributed by atoms with Crippen LogP contribution in [0.5, 0.6) is 11.5 Å². The number of Topliss-reactive ketones (excluding diaryl/α,β-unsaturated/α-hetero) is 2. The number of rotatable bonds is 4. The van der Waals surface area contributed by atoms with Gasteiger partial charge in [-0.1, -0.05) is 45.4 Å². The lowest BCUT2D eigenvalue weighted by molar-refractivity contribution is -0.149. The molecule has 7 heteroatoms. The Bertz CT molecular complexity index is 1140. The lowest BCUT2D eigenvalue weighted by atomic mass is 9.54. The highest BCUT2D eigenvalue weighted by Gasteiger charge is 2.64. The van der Waals surface area contributed by atoms with Gasteiger partial charge in [0.2, 0.25) is 0 Å². The van der Waals surface area contributed by atoms with E-state index in [1.807, 2.05) is 27.7 Å². The molecule has 0 heterocycles. The second-order valence-electron chi connectivity index (χ2n) is 9.80. The molecule has 4 rings (SSSR count). The first-order valence-electron chi connectivity index (χ1n) is 11.1. The van der Waals surface area contributed by atoms with E-state index in [1.165, 1.54) is 6.07 Å². The van der Waals surface area contributed by atoms with Crippen molar-refractivity contribution in [3.8, 4) is 11.5 Å². The van der Waals surface area contributed by atoms with Crippen LogP contribution in [0.25, 0.3) is 0 Å². The maximum Gasteiger partial charge on any atom is 0.417 e. The average Bonchev–Trinajstić information content (AvgIpc) is 2.90. The molecule has 1 unspecified atom stereocenters. The second kappa shape index (κ2) is 7.86. The van der Waals surface area contributed by atoms with Crippen molar-refractivity contribution >= 4 is 23.2 Å². The molecule has 0 radical (unpaired) electrons. The Balaban J connectivity index is 1.71. The van der Waals surface area contributed by atoms with Crippen molar-refractivity contribution in [1.82, 2.24) is 0 Å². The predicted molar refractivity (Wildman–Crippen MR) is 120 cm³/mol. The van der Waals surface area contributed by atoms with E-state index in [0.29, 0.717) is 30.6 Å². The van der Waals surface area contributed by atoms with Crippen molar-refractivity contribution in [1.29, 1.82) is 0 Å². The van der Waals surface area contributed by atoms with Gasteiger partial charge in [-0.3, -0.25) is 9.59 Å². The quantitative estimate of drug-likeness (QED) is 0.430. The van der Waals surface area contributed by atoms with Gasteiger partial charge in [-0.15, -0.1) is 0 Å². The number of hydrogen-bond acceptors (Lipinski definition) is 3. The van der Waals surface area contributed by atoms with Crippen molar-refractivity contribution in [2.45, 2.75) is 59.1 Å². The highest BCUT2D eigenvalue weighted by atomic mass is 35.5. The molecule has 0 spiro atoms. The van der Waals surface area contributed by atoms with Crippen LogP contribution in [0, 0.1) is 16.7 Å². The molecule has 3 atom stereocenters. The predicted octanol–water partition coefficient (Wildman–Crippen LogP) is 7.39. The number of fused-ring (bicyclic) bond motifs is 2. The number of ether oxygens (including phenoxy) is 1. The van der Waals surface area contributed by atoms with Gasteiger partial charge < -0.3 is 4.74 Å². The zero-order valence-electron chi connectivity index (χ0n) is 19.0. The summed E-state index contributed by atoms with van der Waals surface area (Å²) in [5.74, 6) is -0.683. The summed E-state index contributed by atoms with van der Waals surface area (Å²) in [5, 5.41) is -0.463. The van der Waals surface area contributed by atoms with Crippen LogP contribution in [-0.2, 0) is 22.2 Å². The molecule has 0 saturated heterocycles. The number of alkyl halides is 3. The monoisotopic (exact) mass is 478 g/mol. The topological polar surface area (TPSA) is 43.4 Å². The van der Waals surface area contributed by atoms with Gasteiger partial charge >= 0.3 is 6.18 Å². The first-order valence-corrected chi connectivity index (χ1v) is 11.4. The van der Waals surface area contributed by atoms with Crippen molar-refractivity contribution < 1.29 is 27.5 Å². The van der Waals surface area contributed by atoms with Crippen LogP contribution in [0.2, 0.25) is 5.02 Å². The van der Waals surface area contributed by atoms with Crippen molar-refractivity contribution in [2.24, 2.45) is 16.7 Å². The summed E-state index contributed by atoms with van der Waals surface area (Å²) < 4.78 is 44.8. The van der Waals surface area contributed by atoms with Crippen LogP contribution in [0.1, 0.15) is 63.1 Å². The first kappa shape index (κ1) is 23.8. The lowest BCUT2D eigenvalue weighted by Crippen LogP contribution is -2.52. The van der Waals surface area contributed by atoms with E-state index in [-0.39, 0.29) is 23.2 Å². The minimum absolute atomic E-state index is 0.0515. The molecular formula is C26H26ClF3O3. The van der Waals surface area contributed by atoms with Crippen LogP contribution in [-0.4, -0.2) is 11.6 Å². The van der Waals surface area contributed by atoms with E-state index in [1.54, 1.807) is 18.2 Å². The molecule has 33 heavy (non-hydrogen) atoms. The Morgan fingerprint density at radius 3 is 2.30 bits per heavy atom. The number of carbonyl (C=O) groups excluding carboxylic acids is 2. The molecule has 176 valence electrons. The molecule has 2 aliphatic carbocycles. The molecule has 2 bridgehead atoms. The lowest BCUT2D eigenvalue weighted by Gasteiger charge is -2.46. The number of aryl methyl sites for hydroxylation is 1. The standard InChI is InChI=1S/C26H26ClF3O3/c1-5-14-6-7-15(33-16-8-9-18(20(27)13-16)26(28,29)30)12-17(14)21-22(31)19-10-11-25(4,23(21)32)24(19,2)3/h6-9,12-13,19,21H,5,10-11H2,1-4H3/t19-,21?,25+/m0/s1. The summed E-state index contributed by atoms with van der Waals surface area (Å²) >= 11 is 5.81. The Morgan fingerprint density at radius 2 is 1.70 bits per heavy atom. The Hall–Kier alpha value is -2.34. The van der Waals surface area contributed by atoms with Gasteiger partial charge in [0.25, 0.3) is 0 Å². The molecule has 0 aliphatic heterocycles. The molecule has 2 saturated carbocycles. The molecule has 2 aromatic rings. The smallest absolute Gasteiger partial charge is 0.417 e. The highest BCUT2D eigenvalue weighted by molar-refractivity contribution is 6.31. The van der Waals surface area contributed by atoms with Crippen molar-refractivity contribution in [2.75, 3.05) is 0 Å². The van der Waals surface area contributed by atoms with E-state index in [4.69, 9.17) is 16.3 Å². The fourth-order valence-electron chi connectivity index (χ4n) is 5.54. The highest BCUT2D eigenvalue weighted by Crippen LogP contribution is 2.62. The van der Waals surface area contributed by atoms with E-state index in [9.17, 15) is 22.8 Å². The average molecular weight is 479 g/mol. The molecule has 2 fully saturated rings. The summed E-state index contributed by atoms with van der Waals surface area (Å²) in [6, 6.07) is 8.34. The summed E-state index contributed by atoms with van der Waals surface area (Å²) in [7, 11) is 0. The number of halogens is 4. The van der Waals surface area contributed by atoms with Crippen molar-refractivity contribution in [3.05, 3.63) is 58.1 Å². The van der Waals surface area contributed by atoms with Crippen LogP contribution in [0.3, 0.4) is 0 Å². The number of carbonyl (C=O) groups is 2. The Kier molecular flexibility index (Phi) is 5.67. The van der Waals surface area contributed by atoms with Gasteiger partial charge in [0.15, 0.2) is 11.6 Å². The van der Waals surface area contributed by atoms with Gasteiger partial charge in [0.05, 0.1) is 10.6 Å². The summed E-state index contributed by atoms with van der Waals surface area (Å²) in [4.78, 5) is 27.1. The zero-order valence-corrected chi connectivity index (χ0v) is 19.7. The zero-order chi connectivity index (χ0) is 24.3. The van der Waals surface area contributed by atoms with Gasteiger partial charge in [0.1, 0.15) is 17.4 Å². The molecular weight excluding hydrogens is 453 g/mol. The van der Waals surface area contributed by atoms with Crippen molar-refractivity contribution in [3.63, 3.8) is 0 Å². The largest absolute Gasteiger partial charge is 0.457 e. The fraction of sp³-hybridized carbons (Fsp3) is 0.462. The number of ketones is 2. The van der Waals surface area contributed by atoms with Gasteiger partial charge in [-0.2, -0.15) is 13.2 Å². The first-order chi connectivity index (χ1) is 15.3. The number of hydrogen-bond donors (Lipinski definition) is 0. The van der Waals surface area contributed by atoms with E-state index in [0.717, 1.165) is 17.7 Å². The maximum absolute atomic E-state index is 13.7. The summed E-state index contributed by atoms with van der Waals surface area (Å²) in [6.45, 7) is 7.93. The number of benzene rings is 2. The molecule has 2 aliphatic rings. The van der Waals surface area contributed by atoms with Crippen LogP contribution < -0.4 is 4.74 Å². The van der Waals surface area contributed by atoms with E-state index >= 15 is 0 Å². The third kappa shape index (κ3) is 3.67. The van der Waals surface area contributed by atoms with Crippen LogP contribution >= 0.6 is 11.6 Å². The van der Waals surface area contributed by atoms with E-state index < -0.39 is 33.5 Å². The SMILES string of the molecule is CCc1ccc(Oc2ccc(C(F)(F)F)c(Cl)c2)cc1C1C(=O)[C@@H]2CC[C@](C)(C1=O)C2(C)C. The Labute approximate surface area is 196 Å².